The van der Waals surface area contributed by atoms with E-state index in [0.29, 0.717) is 13.0 Å². The van der Waals surface area contributed by atoms with Gasteiger partial charge in [0.15, 0.2) is 0 Å². The third-order valence-corrected chi connectivity index (χ3v) is 5.02. The van der Waals surface area contributed by atoms with Crippen LogP contribution in [0.3, 0.4) is 0 Å². The molecule has 0 heterocycles. The summed E-state index contributed by atoms with van der Waals surface area (Å²) in [6.45, 7) is 0.355. The average molecular weight is 284 g/mol. The molecular weight excluding hydrogens is 264 g/mol. The number of nitrogen functional groups attached to an aromatic ring is 1. The minimum absolute atomic E-state index is 0.117. The highest BCUT2D eigenvalue weighted by Crippen LogP contribution is 2.24. The van der Waals surface area contributed by atoms with Gasteiger partial charge in [0.1, 0.15) is 4.90 Å². The van der Waals surface area contributed by atoms with Gasteiger partial charge in [0.05, 0.1) is 11.8 Å². The summed E-state index contributed by atoms with van der Waals surface area (Å²) in [4.78, 5) is 0.117. The molecule has 0 aromatic heterocycles. The molecule has 1 saturated carbocycles. The van der Waals surface area contributed by atoms with Crippen molar-refractivity contribution in [3.05, 3.63) is 24.3 Å². The lowest BCUT2D eigenvalue weighted by molar-refractivity contribution is 0.102. The molecule has 5 nitrogen and oxygen atoms in total. The Kier molecular flexibility index (Phi) is 4.44. The minimum Gasteiger partial charge on any atom is -0.398 e. The minimum atomic E-state index is -3.56. The smallest absolute Gasteiger partial charge is 0.242 e. The van der Waals surface area contributed by atoms with Gasteiger partial charge in [-0.25, -0.2) is 13.1 Å². The van der Waals surface area contributed by atoms with Gasteiger partial charge in [0.2, 0.25) is 10.0 Å². The first-order valence-corrected chi connectivity index (χ1v) is 7.99. The maximum Gasteiger partial charge on any atom is 0.242 e. The van der Waals surface area contributed by atoms with Crippen molar-refractivity contribution in [2.24, 2.45) is 5.92 Å². The van der Waals surface area contributed by atoms with E-state index in [4.69, 9.17) is 5.73 Å². The zero-order valence-corrected chi connectivity index (χ0v) is 11.6. The SMILES string of the molecule is Nc1ccccc1S(=O)(=O)NCC1CCCC(O)C1. The number of benzene rings is 1. The van der Waals surface area contributed by atoms with Gasteiger partial charge in [-0.2, -0.15) is 0 Å². The summed E-state index contributed by atoms with van der Waals surface area (Å²) in [5, 5.41) is 9.57. The van der Waals surface area contributed by atoms with E-state index in [-0.39, 0.29) is 22.6 Å². The third-order valence-electron chi connectivity index (χ3n) is 3.53. The maximum atomic E-state index is 12.1. The second kappa shape index (κ2) is 5.90. The zero-order valence-electron chi connectivity index (χ0n) is 10.7. The van der Waals surface area contributed by atoms with Crippen LogP contribution in [0.25, 0.3) is 0 Å². The predicted octanol–water partition coefficient (Wildman–Crippen LogP) is 1.10. The number of para-hydroxylation sites is 1. The zero-order chi connectivity index (χ0) is 13.9. The normalized spacial score (nSPS) is 24.3. The van der Waals surface area contributed by atoms with Crippen LogP contribution in [0, 0.1) is 5.92 Å². The Morgan fingerprint density at radius 2 is 2.05 bits per heavy atom. The van der Waals surface area contributed by atoms with E-state index < -0.39 is 10.0 Å². The number of rotatable bonds is 4. The molecule has 1 aliphatic carbocycles. The fourth-order valence-electron chi connectivity index (χ4n) is 2.48. The van der Waals surface area contributed by atoms with Crippen molar-refractivity contribution in [1.29, 1.82) is 0 Å². The summed E-state index contributed by atoms with van der Waals surface area (Å²) in [5.41, 5.74) is 5.93. The van der Waals surface area contributed by atoms with Crippen molar-refractivity contribution in [3.63, 3.8) is 0 Å². The maximum absolute atomic E-state index is 12.1. The average Bonchev–Trinajstić information content (AvgIpc) is 2.37. The lowest BCUT2D eigenvalue weighted by Crippen LogP contribution is -2.33. The van der Waals surface area contributed by atoms with Gasteiger partial charge in [0, 0.05) is 6.54 Å². The van der Waals surface area contributed by atoms with E-state index in [9.17, 15) is 13.5 Å². The first kappa shape index (κ1) is 14.3. The van der Waals surface area contributed by atoms with Crippen LogP contribution in [-0.2, 0) is 10.0 Å². The number of hydrogen-bond donors (Lipinski definition) is 3. The monoisotopic (exact) mass is 284 g/mol. The van der Waals surface area contributed by atoms with Crippen LogP contribution in [0.5, 0.6) is 0 Å². The quantitative estimate of drug-likeness (QED) is 0.722. The Morgan fingerprint density at radius 3 is 2.74 bits per heavy atom. The van der Waals surface area contributed by atoms with E-state index in [2.05, 4.69) is 4.72 Å². The van der Waals surface area contributed by atoms with Crippen LogP contribution in [0.15, 0.2) is 29.2 Å². The Bertz CT molecular complexity index is 530. The molecule has 4 N–H and O–H groups in total. The Labute approximate surface area is 113 Å². The van der Waals surface area contributed by atoms with Crippen LogP contribution >= 0.6 is 0 Å². The van der Waals surface area contributed by atoms with Crippen LogP contribution in [0.2, 0.25) is 0 Å². The van der Waals surface area contributed by atoms with Crippen LogP contribution < -0.4 is 10.5 Å². The highest BCUT2D eigenvalue weighted by molar-refractivity contribution is 7.89. The Morgan fingerprint density at radius 1 is 1.32 bits per heavy atom. The fraction of sp³-hybridized carbons (Fsp3) is 0.538. The summed E-state index contributed by atoms with van der Waals surface area (Å²) < 4.78 is 26.8. The molecule has 2 unspecified atom stereocenters. The molecule has 19 heavy (non-hydrogen) atoms. The predicted molar refractivity (Wildman–Crippen MR) is 74.0 cm³/mol. The molecule has 0 aliphatic heterocycles. The van der Waals surface area contributed by atoms with Crippen LogP contribution in [0.1, 0.15) is 25.7 Å². The van der Waals surface area contributed by atoms with Crippen molar-refractivity contribution < 1.29 is 13.5 Å². The number of nitrogens with one attached hydrogen (secondary N) is 1. The van der Waals surface area contributed by atoms with Crippen molar-refractivity contribution in [2.45, 2.75) is 36.7 Å². The number of aliphatic hydroxyl groups excluding tert-OH is 1. The second-order valence-corrected chi connectivity index (χ2v) is 6.81. The second-order valence-electron chi connectivity index (χ2n) is 5.08. The molecule has 0 radical (unpaired) electrons. The van der Waals surface area contributed by atoms with Crippen molar-refractivity contribution in [2.75, 3.05) is 12.3 Å². The summed E-state index contributed by atoms with van der Waals surface area (Å²) in [6, 6.07) is 6.41. The highest BCUT2D eigenvalue weighted by Gasteiger charge is 2.23. The number of aliphatic hydroxyl groups is 1. The first-order valence-electron chi connectivity index (χ1n) is 6.51. The lowest BCUT2D eigenvalue weighted by Gasteiger charge is -2.25. The Hall–Kier alpha value is -1.11. The van der Waals surface area contributed by atoms with Gasteiger partial charge in [-0.1, -0.05) is 18.6 Å². The molecule has 106 valence electrons. The van der Waals surface area contributed by atoms with Gasteiger partial charge in [-0.15, -0.1) is 0 Å². The van der Waals surface area contributed by atoms with E-state index in [1.807, 2.05) is 0 Å². The van der Waals surface area contributed by atoms with Gasteiger partial charge >= 0.3 is 0 Å². The summed E-state index contributed by atoms with van der Waals surface area (Å²) in [6.07, 6.45) is 3.07. The standard InChI is InChI=1S/C13H20N2O3S/c14-12-6-1-2-7-13(12)19(17,18)15-9-10-4-3-5-11(16)8-10/h1-2,6-7,10-11,15-16H,3-5,8-9,14H2. The molecule has 0 spiro atoms. The molecule has 0 amide bonds. The fourth-order valence-corrected chi connectivity index (χ4v) is 3.73. The largest absolute Gasteiger partial charge is 0.398 e. The van der Waals surface area contributed by atoms with E-state index in [1.165, 1.54) is 6.07 Å². The number of hydrogen-bond acceptors (Lipinski definition) is 4. The molecule has 0 saturated heterocycles. The lowest BCUT2D eigenvalue weighted by atomic mass is 9.87. The van der Waals surface area contributed by atoms with Crippen molar-refractivity contribution in [3.8, 4) is 0 Å². The van der Waals surface area contributed by atoms with E-state index >= 15 is 0 Å². The highest BCUT2D eigenvalue weighted by atomic mass is 32.2. The van der Waals surface area contributed by atoms with Crippen LogP contribution in [-0.4, -0.2) is 26.2 Å². The van der Waals surface area contributed by atoms with E-state index in [1.54, 1.807) is 18.2 Å². The number of anilines is 1. The summed E-state index contributed by atoms with van der Waals surface area (Å²) >= 11 is 0. The van der Waals surface area contributed by atoms with E-state index in [0.717, 1.165) is 19.3 Å². The molecular formula is C13H20N2O3S. The topological polar surface area (TPSA) is 92.4 Å². The molecule has 6 heteroatoms. The summed E-state index contributed by atoms with van der Waals surface area (Å²) in [5.74, 6) is 0.198. The summed E-state index contributed by atoms with van der Waals surface area (Å²) in [7, 11) is -3.56. The van der Waals surface area contributed by atoms with Gasteiger partial charge in [0.25, 0.3) is 0 Å². The molecule has 1 fully saturated rings. The third kappa shape index (κ3) is 3.68. The Balaban J connectivity index is 2.00. The number of sulfonamides is 1. The first-order chi connectivity index (χ1) is 8.99. The van der Waals surface area contributed by atoms with Gasteiger partial charge in [-0.05, 0) is 37.3 Å². The number of nitrogens with two attached hydrogens (primary N) is 1. The molecule has 2 rings (SSSR count). The molecule has 1 aromatic carbocycles. The van der Waals surface area contributed by atoms with Gasteiger partial charge in [-0.3, -0.25) is 0 Å². The van der Waals surface area contributed by atoms with Crippen molar-refractivity contribution >= 4 is 15.7 Å². The van der Waals surface area contributed by atoms with Gasteiger partial charge < -0.3 is 10.8 Å². The molecule has 1 aromatic rings. The molecule has 1 aliphatic rings. The molecule has 2 atom stereocenters. The van der Waals surface area contributed by atoms with Crippen LogP contribution in [0.4, 0.5) is 5.69 Å². The van der Waals surface area contributed by atoms with Crippen molar-refractivity contribution in [1.82, 2.24) is 4.72 Å². The molecule has 0 bridgehead atoms.